The SMILES string of the molecule is C#CCN(CC(=O)O)Cc1cn2c(C)cc(C)nc2n1. The number of carbonyl (C=O) groups is 1. The van der Waals surface area contributed by atoms with Crippen molar-refractivity contribution in [3.8, 4) is 12.3 Å². The minimum atomic E-state index is -0.908. The summed E-state index contributed by atoms with van der Waals surface area (Å²) < 4.78 is 1.89. The molecule has 0 aliphatic heterocycles. The number of aromatic nitrogens is 3. The predicted octanol–water partition coefficient (Wildman–Crippen LogP) is 0.866. The van der Waals surface area contributed by atoms with E-state index in [0.29, 0.717) is 12.3 Å². The molecule has 6 heteroatoms. The Morgan fingerprint density at radius 2 is 2.25 bits per heavy atom. The lowest BCUT2D eigenvalue weighted by molar-refractivity contribution is -0.138. The second-order valence-corrected chi connectivity index (χ2v) is 4.68. The zero-order valence-corrected chi connectivity index (χ0v) is 11.5. The van der Waals surface area contributed by atoms with Crippen molar-refractivity contribution in [1.29, 1.82) is 0 Å². The van der Waals surface area contributed by atoms with Crippen molar-refractivity contribution >= 4 is 11.7 Å². The number of carboxylic acid groups (broad SMARTS) is 1. The molecule has 2 aromatic heterocycles. The lowest BCUT2D eigenvalue weighted by Crippen LogP contribution is -2.29. The summed E-state index contributed by atoms with van der Waals surface area (Å²) in [5.41, 5.74) is 2.69. The van der Waals surface area contributed by atoms with E-state index in [1.54, 1.807) is 4.90 Å². The van der Waals surface area contributed by atoms with E-state index in [1.165, 1.54) is 0 Å². The molecule has 0 saturated carbocycles. The van der Waals surface area contributed by atoms with Crippen LogP contribution in [0.25, 0.3) is 5.78 Å². The van der Waals surface area contributed by atoms with Gasteiger partial charge in [0.25, 0.3) is 0 Å². The maximum Gasteiger partial charge on any atom is 0.317 e. The van der Waals surface area contributed by atoms with Crippen LogP contribution in [0.5, 0.6) is 0 Å². The van der Waals surface area contributed by atoms with E-state index in [-0.39, 0.29) is 13.1 Å². The van der Waals surface area contributed by atoms with Crippen LogP contribution in [0.1, 0.15) is 17.1 Å². The van der Waals surface area contributed by atoms with Gasteiger partial charge in [0.2, 0.25) is 5.78 Å². The first-order valence-electron chi connectivity index (χ1n) is 6.19. The molecule has 0 aromatic carbocycles. The van der Waals surface area contributed by atoms with E-state index in [0.717, 1.165) is 17.1 Å². The van der Waals surface area contributed by atoms with Crippen molar-refractivity contribution in [2.45, 2.75) is 20.4 Å². The number of rotatable bonds is 5. The molecule has 2 heterocycles. The van der Waals surface area contributed by atoms with E-state index >= 15 is 0 Å². The molecule has 0 saturated heterocycles. The third-order valence-electron chi connectivity index (χ3n) is 2.87. The molecular formula is C14H16N4O2. The van der Waals surface area contributed by atoms with Crippen LogP contribution in [0.2, 0.25) is 0 Å². The van der Waals surface area contributed by atoms with Gasteiger partial charge in [0.15, 0.2) is 0 Å². The molecule has 0 unspecified atom stereocenters. The largest absolute Gasteiger partial charge is 0.480 e. The number of hydrogen-bond donors (Lipinski definition) is 1. The lowest BCUT2D eigenvalue weighted by Gasteiger charge is -2.15. The van der Waals surface area contributed by atoms with Gasteiger partial charge in [-0.1, -0.05) is 5.92 Å². The van der Waals surface area contributed by atoms with Gasteiger partial charge in [-0.15, -0.1) is 6.42 Å². The van der Waals surface area contributed by atoms with Crippen LogP contribution in [0.4, 0.5) is 0 Å². The Bertz CT molecular complexity index is 684. The monoisotopic (exact) mass is 272 g/mol. The maximum absolute atomic E-state index is 10.8. The molecule has 6 nitrogen and oxygen atoms in total. The summed E-state index contributed by atoms with van der Waals surface area (Å²) in [7, 11) is 0. The molecule has 0 amide bonds. The quantitative estimate of drug-likeness (QED) is 0.818. The van der Waals surface area contributed by atoms with Gasteiger partial charge in [-0.25, -0.2) is 9.97 Å². The molecule has 0 aliphatic carbocycles. The van der Waals surface area contributed by atoms with Gasteiger partial charge in [-0.05, 0) is 19.9 Å². The molecule has 0 spiro atoms. The summed E-state index contributed by atoms with van der Waals surface area (Å²) in [5, 5.41) is 8.86. The number of nitrogens with zero attached hydrogens (tertiary/aromatic N) is 4. The van der Waals surface area contributed by atoms with E-state index in [4.69, 9.17) is 11.5 Å². The van der Waals surface area contributed by atoms with Gasteiger partial charge in [0, 0.05) is 24.1 Å². The van der Waals surface area contributed by atoms with Gasteiger partial charge >= 0.3 is 5.97 Å². The van der Waals surface area contributed by atoms with E-state index < -0.39 is 5.97 Å². The highest BCUT2D eigenvalue weighted by molar-refractivity contribution is 5.69. The number of hydrogen-bond acceptors (Lipinski definition) is 4. The Kier molecular flexibility index (Phi) is 4.01. The smallest absolute Gasteiger partial charge is 0.317 e. The van der Waals surface area contributed by atoms with Gasteiger partial charge < -0.3 is 5.11 Å². The molecule has 0 radical (unpaired) electrons. The van der Waals surface area contributed by atoms with E-state index in [1.807, 2.05) is 30.5 Å². The third kappa shape index (κ3) is 3.13. The van der Waals surface area contributed by atoms with Gasteiger partial charge in [0.05, 0.1) is 18.8 Å². The summed E-state index contributed by atoms with van der Waals surface area (Å²) in [6.45, 7) is 4.44. The summed E-state index contributed by atoms with van der Waals surface area (Å²) in [4.78, 5) is 21.2. The Balaban J connectivity index is 2.26. The molecule has 0 fully saturated rings. The van der Waals surface area contributed by atoms with E-state index in [9.17, 15) is 4.79 Å². The van der Waals surface area contributed by atoms with Crippen LogP contribution in [-0.2, 0) is 11.3 Å². The molecular weight excluding hydrogens is 256 g/mol. The van der Waals surface area contributed by atoms with Crippen molar-refractivity contribution in [3.63, 3.8) is 0 Å². The predicted molar refractivity (Wildman–Crippen MR) is 74.2 cm³/mol. The van der Waals surface area contributed by atoms with Crippen molar-refractivity contribution < 1.29 is 9.90 Å². The standard InChI is InChI=1S/C14H16N4O2/c1-4-5-17(9-13(19)20)7-12-8-18-11(3)6-10(2)15-14(18)16-12/h1,6,8H,5,7,9H2,2-3H3,(H,19,20). The number of imidazole rings is 1. The third-order valence-corrected chi connectivity index (χ3v) is 2.87. The molecule has 20 heavy (non-hydrogen) atoms. The minimum absolute atomic E-state index is 0.108. The van der Waals surface area contributed by atoms with Crippen molar-refractivity contribution in [2.75, 3.05) is 13.1 Å². The molecule has 0 atom stereocenters. The average molecular weight is 272 g/mol. The maximum atomic E-state index is 10.8. The Morgan fingerprint density at radius 3 is 2.90 bits per heavy atom. The number of carboxylic acids is 1. The number of terminal acetylenes is 1. The second kappa shape index (κ2) is 5.72. The van der Waals surface area contributed by atoms with Gasteiger partial charge in [-0.2, -0.15) is 0 Å². The number of aryl methyl sites for hydroxylation is 2. The highest BCUT2D eigenvalue weighted by atomic mass is 16.4. The number of aliphatic carboxylic acids is 1. The van der Waals surface area contributed by atoms with Crippen molar-refractivity contribution in [3.05, 3.63) is 29.3 Å². The van der Waals surface area contributed by atoms with Crippen LogP contribution < -0.4 is 0 Å². The minimum Gasteiger partial charge on any atom is -0.480 e. The van der Waals surface area contributed by atoms with Crippen LogP contribution in [-0.4, -0.2) is 43.4 Å². The number of fused-ring (bicyclic) bond motifs is 1. The lowest BCUT2D eigenvalue weighted by atomic mass is 10.3. The molecule has 104 valence electrons. The van der Waals surface area contributed by atoms with Gasteiger partial charge in [-0.3, -0.25) is 14.1 Å². The summed E-state index contributed by atoms with van der Waals surface area (Å²) in [5.74, 6) is 2.17. The fraction of sp³-hybridized carbons (Fsp3) is 0.357. The van der Waals surface area contributed by atoms with Crippen LogP contribution in [0, 0.1) is 26.2 Å². The summed E-state index contributed by atoms with van der Waals surface area (Å²) in [6.07, 6.45) is 7.12. The Morgan fingerprint density at radius 1 is 1.50 bits per heavy atom. The molecule has 1 N–H and O–H groups in total. The van der Waals surface area contributed by atoms with Crippen molar-refractivity contribution in [2.24, 2.45) is 0 Å². The van der Waals surface area contributed by atoms with Gasteiger partial charge in [0.1, 0.15) is 0 Å². The molecule has 2 aromatic rings. The Labute approximate surface area is 117 Å². The van der Waals surface area contributed by atoms with E-state index in [2.05, 4.69) is 15.9 Å². The summed E-state index contributed by atoms with van der Waals surface area (Å²) >= 11 is 0. The summed E-state index contributed by atoms with van der Waals surface area (Å²) in [6, 6.07) is 1.97. The van der Waals surface area contributed by atoms with Crippen LogP contribution >= 0.6 is 0 Å². The second-order valence-electron chi connectivity index (χ2n) is 4.68. The normalized spacial score (nSPS) is 10.9. The molecule has 0 bridgehead atoms. The van der Waals surface area contributed by atoms with Crippen LogP contribution in [0.15, 0.2) is 12.3 Å². The zero-order valence-electron chi connectivity index (χ0n) is 11.5. The van der Waals surface area contributed by atoms with Crippen molar-refractivity contribution in [1.82, 2.24) is 19.3 Å². The highest BCUT2D eigenvalue weighted by Gasteiger charge is 2.12. The zero-order chi connectivity index (χ0) is 14.7. The molecule has 0 aliphatic rings. The fourth-order valence-electron chi connectivity index (χ4n) is 2.11. The topological polar surface area (TPSA) is 70.7 Å². The first kappa shape index (κ1) is 14.0. The van der Waals surface area contributed by atoms with Crippen LogP contribution in [0.3, 0.4) is 0 Å². The Hall–Kier alpha value is -2.39. The first-order chi connectivity index (χ1) is 9.49. The highest BCUT2D eigenvalue weighted by Crippen LogP contribution is 2.10. The average Bonchev–Trinajstić information content (AvgIpc) is 2.71. The fourth-order valence-corrected chi connectivity index (χ4v) is 2.11. The first-order valence-corrected chi connectivity index (χ1v) is 6.19. The molecule has 2 rings (SSSR count).